The van der Waals surface area contributed by atoms with E-state index in [9.17, 15) is 9.59 Å². The summed E-state index contributed by atoms with van der Waals surface area (Å²) in [6.07, 6.45) is 62.6. The largest absolute Gasteiger partial charge is 0.381 e. The molecule has 3 atom stereocenters. The molecule has 8 aromatic rings. The Hall–Kier alpha value is -3.40. The number of fused-ring (bicyclic) bond motifs is 3. The average Bonchev–Trinajstić information content (AvgIpc) is 1.66. The number of carbonyl (C=O) groups is 2. The molecular weight excluding hydrogens is 1410 g/mol. The van der Waals surface area contributed by atoms with E-state index in [2.05, 4.69) is 97.0 Å². The molecule has 574 valence electrons. The quantitative estimate of drug-likeness (QED) is 0.0281. The van der Waals surface area contributed by atoms with Gasteiger partial charge >= 0.3 is 0 Å². The van der Waals surface area contributed by atoms with Gasteiger partial charge in [0, 0.05) is 65.0 Å². The number of benzene rings is 1. The summed E-state index contributed by atoms with van der Waals surface area (Å²) < 4.78 is 8.55. The molecule has 0 saturated carbocycles. The Morgan fingerprint density at radius 2 is 0.731 bits per heavy atom. The fourth-order valence-electron chi connectivity index (χ4n) is 16.0. The lowest BCUT2D eigenvalue weighted by Crippen LogP contribution is -2.31. The number of hydrogen-bond acceptors (Lipinski definition) is 12. The number of imide groups is 1. The van der Waals surface area contributed by atoms with Crippen LogP contribution in [-0.2, 0) is 17.6 Å². The van der Waals surface area contributed by atoms with Gasteiger partial charge in [-0.05, 0) is 106 Å². The highest BCUT2D eigenvalue weighted by Crippen LogP contribution is 2.54. The number of unbranched alkanes of at least 4 members (excludes halogenated alkanes) is 33. The second-order valence-corrected chi connectivity index (χ2v) is 39.1. The SMILES string of the molecule is CCCCCCCCCCCCC(CCCCCCCCCC)Cc1ccc(-c2nc3c(-c4ccc(-c5sc(C)c6c5C(=O)N(CCCOCC(CC)CCCC)C6=O)s4)c4sc(-c5ccc(CC(CCCCCCCCCC)CCCCCCCCCCCC)s5)nc4c(-c4ccc(C)s4)c3s2)s1. The van der Waals surface area contributed by atoms with Crippen LogP contribution >= 0.6 is 79.4 Å². The maximum Gasteiger partial charge on any atom is 0.263 e. The van der Waals surface area contributed by atoms with Crippen LogP contribution in [0, 0.1) is 31.6 Å². The molecule has 2 amide bonds. The van der Waals surface area contributed by atoms with Crippen LogP contribution in [0.5, 0.6) is 0 Å². The number of hydrogen-bond donors (Lipinski definition) is 0. The highest BCUT2D eigenvalue weighted by molar-refractivity contribution is 7.29. The lowest BCUT2D eigenvalue weighted by Gasteiger charge is -2.17. The van der Waals surface area contributed by atoms with Crippen LogP contribution in [-0.4, -0.2) is 46.4 Å². The highest BCUT2D eigenvalue weighted by Gasteiger charge is 2.41. The van der Waals surface area contributed by atoms with E-state index in [1.54, 1.807) is 22.7 Å². The molecule has 0 spiro atoms. The molecule has 104 heavy (non-hydrogen) atoms. The Kier molecular flexibility index (Phi) is 38.7. The normalized spacial score (nSPS) is 13.5. The number of amides is 2. The van der Waals surface area contributed by atoms with Crippen molar-refractivity contribution in [3.05, 3.63) is 79.2 Å². The monoisotopic (exact) mass is 1540 g/mol. The third kappa shape index (κ3) is 25.9. The van der Waals surface area contributed by atoms with Crippen molar-refractivity contribution < 1.29 is 14.3 Å². The number of aromatic nitrogens is 2. The molecular formula is C91H135N3O3S7. The number of nitrogens with zero attached hydrogens (tertiary/aromatic N) is 3. The van der Waals surface area contributed by atoms with Crippen LogP contribution in [0.4, 0.5) is 0 Å². The van der Waals surface area contributed by atoms with Crippen LogP contribution in [0.2, 0.25) is 0 Å². The van der Waals surface area contributed by atoms with Gasteiger partial charge in [0.05, 0.1) is 46.2 Å². The molecule has 3 unspecified atom stereocenters. The number of ether oxygens (including phenoxy) is 1. The first-order chi connectivity index (χ1) is 51.1. The summed E-state index contributed by atoms with van der Waals surface area (Å²) >= 11 is 12.9. The fraction of sp³-hybridized carbons (Fsp3) is 0.670. The Balaban J connectivity index is 1.02. The van der Waals surface area contributed by atoms with Crippen molar-refractivity contribution in [1.82, 2.24) is 14.9 Å². The number of rotatable bonds is 59. The summed E-state index contributed by atoms with van der Waals surface area (Å²) in [6.45, 7) is 19.7. The predicted octanol–water partition coefficient (Wildman–Crippen LogP) is 32.4. The molecule has 0 bridgehead atoms. The molecule has 0 saturated heterocycles. The zero-order chi connectivity index (χ0) is 73.1. The minimum absolute atomic E-state index is 0.166. The van der Waals surface area contributed by atoms with Gasteiger partial charge in [0.15, 0.2) is 0 Å². The third-order valence-corrected chi connectivity index (χ3v) is 30.5. The van der Waals surface area contributed by atoms with Crippen molar-refractivity contribution in [2.45, 2.75) is 357 Å². The fourth-order valence-corrected chi connectivity index (χ4v) is 24.0. The minimum Gasteiger partial charge on any atom is -0.381 e. The van der Waals surface area contributed by atoms with Gasteiger partial charge in [0.1, 0.15) is 10.0 Å². The molecule has 8 heterocycles. The van der Waals surface area contributed by atoms with Gasteiger partial charge in [-0.3, -0.25) is 14.5 Å². The summed E-state index contributed by atoms with van der Waals surface area (Å²) in [4.78, 5) is 54.2. The van der Waals surface area contributed by atoms with Gasteiger partial charge in [-0.2, -0.15) is 0 Å². The molecule has 13 heteroatoms. The summed E-state index contributed by atoms with van der Waals surface area (Å²) in [6, 6.07) is 18.8. The zero-order valence-electron chi connectivity index (χ0n) is 66.1. The van der Waals surface area contributed by atoms with E-state index < -0.39 is 0 Å². The number of aryl methyl sites for hydroxylation is 2. The maximum atomic E-state index is 14.7. The molecule has 1 aliphatic rings. The molecule has 9 rings (SSSR count). The van der Waals surface area contributed by atoms with Crippen LogP contribution in [0.1, 0.15) is 371 Å². The maximum absolute atomic E-state index is 14.7. The predicted molar refractivity (Wildman–Crippen MR) is 465 cm³/mol. The van der Waals surface area contributed by atoms with Crippen molar-refractivity contribution in [1.29, 1.82) is 0 Å². The first-order valence-corrected chi connectivity index (χ1v) is 48.5. The molecule has 0 aliphatic carbocycles. The smallest absolute Gasteiger partial charge is 0.263 e. The van der Waals surface area contributed by atoms with Gasteiger partial charge in [-0.1, -0.05) is 318 Å². The lowest BCUT2D eigenvalue weighted by atomic mass is 9.91. The van der Waals surface area contributed by atoms with Crippen LogP contribution in [0.15, 0.2) is 48.5 Å². The second-order valence-electron chi connectivity index (χ2n) is 31.2. The van der Waals surface area contributed by atoms with E-state index in [-0.39, 0.29) is 11.8 Å². The van der Waals surface area contributed by atoms with Gasteiger partial charge < -0.3 is 4.74 Å². The Labute approximate surface area is 659 Å². The molecule has 0 fully saturated rings. The number of thiophene rings is 5. The van der Waals surface area contributed by atoms with Gasteiger partial charge in [0.2, 0.25) is 0 Å². The molecule has 1 aliphatic heterocycles. The van der Waals surface area contributed by atoms with Crippen LogP contribution < -0.4 is 0 Å². The van der Waals surface area contributed by atoms with E-state index in [1.165, 1.54) is 325 Å². The number of carbonyl (C=O) groups excluding carboxylic acids is 2. The average molecular weight is 1540 g/mol. The highest BCUT2D eigenvalue weighted by atomic mass is 32.1. The Bertz CT molecular complexity index is 3570. The lowest BCUT2D eigenvalue weighted by molar-refractivity contribution is 0.0600. The summed E-state index contributed by atoms with van der Waals surface area (Å²) in [7, 11) is 0. The minimum atomic E-state index is -0.174. The molecule has 6 nitrogen and oxygen atoms in total. The zero-order valence-corrected chi connectivity index (χ0v) is 71.8. The van der Waals surface area contributed by atoms with E-state index in [0.29, 0.717) is 48.5 Å². The van der Waals surface area contributed by atoms with Gasteiger partial charge in [0.25, 0.3) is 11.8 Å². The van der Waals surface area contributed by atoms with Crippen molar-refractivity contribution in [2.24, 2.45) is 17.8 Å². The molecule has 1 aromatic carbocycles. The van der Waals surface area contributed by atoms with Crippen molar-refractivity contribution >= 4 is 112 Å². The Morgan fingerprint density at radius 3 is 1.14 bits per heavy atom. The molecule has 0 N–H and O–H groups in total. The van der Waals surface area contributed by atoms with Crippen LogP contribution in [0.3, 0.4) is 0 Å². The summed E-state index contributed by atoms with van der Waals surface area (Å²) in [5.74, 6) is 1.64. The third-order valence-electron chi connectivity index (χ3n) is 22.4. The van der Waals surface area contributed by atoms with Crippen molar-refractivity contribution in [3.8, 4) is 50.4 Å². The summed E-state index contributed by atoms with van der Waals surface area (Å²) in [5.41, 5.74) is 5.60. The summed E-state index contributed by atoms with van der Waals surface area (Å²) in [5, 5.41) is 2.17. The number of thiazole rings is 2. The van der Waals surface area contributed by atoms with Gasteiger partial charge in [-0.25, -0.2) is 9.97 Å². The van der Waals surface area contributed by atoms with E-state index in [0.717, 1.165) is 72.0 Å². The van der Waals surface area contributed by atoms with Crippen LogP contribution in [0.25, 0.3) is 70.8 Å². The topological polar surface area (TPSA) is 72.4 Å². The molecule has 7 aromatic heterocycles. The van der Waals surface area contributed by atoms with Gasteiger partial charge in [-0.15, -0.1) is 79.4 Å². The second kappa shape index (κ2) is 47.6. The van der Waals surface area contributed by atoms with E-state index >= 15 is 0 Å². The standard InChI is InChI=1S/C91H135N3O3S7/c1-9-15-20-24-28-32-34-38-42-46-52-70(50-44-40-36-30-26-22-17-11-3)64-72-55-58-77(100-72)88-92-83-80(74-57-54-67(7)98-74)86-84(93-89(103-86)78-59-56-73(101-78)65-71(51-45-41-37-31-27-23-18-12-4)53-47-43-39-35-33-29-25-21-16-10-2)81(87(83)104-88)75-60-61-76(102-75)85-82-79(68(8)99-85)90(95)94(91(82)96)62-48-63-97-66-69(14-6)49-19-13-5/h54-61,69-71H,9-53,62-66H2,1-8H3. The van der Waals surface area contributed by atoms with E-state index in [1.807, 2.05) is 63.6 Å². The first kappa shape index (κ1) is 84.6. The Morgan fingerprint density at radius 1 is 0.356 bits per heavy atom. The van der Waals surface area contributed by atoms with E-state index in [4.69, 9.17) is 14.7 Å². The van der Waals surface area contributed by atoms with Crippen molar-refractivity contribution in [2.75, 3.05) is 19.8 Å². The first-order valence-electron chi connectivity index (χ1n) is 42.8. The van der Waals surface area contributed by atoms with Crippen molar-refractivity contribution in [3.63, 3.8) is 0 Å². The molecule has 0 radical (unpaired) electrons.